The number of hydrogen-bond donors (Lipinski definition) is 1. The highest BCUT2D eigenvalue weighted by atomic mass is 32.2. The summed E-state index contributed by atoms with van der Waals surface area (Å²) in [6.07, 6.45) is 6.56. The molecule has 6 heteroatoms. The van der Waals surface area contributed by atoms with Crippen LogP contribution in [0.2, 0.25) is 0 Å². The van der Waals surface area contributed by atoms with E-state index in [4.69, 9.17) is 5.26 Å². The molecule has 1 saturated heterocycles. The van der Waals surface area contributed by atoms with Gasteiger partial charge in [-0.05, 0) is 25.5 Å². The predicted octanol–water partition coefficient (Wildman–Crippen LogP) is 0.787. The van der Waals surface area contributed by atoms with Gasteiger partial charge >= 0.3 is 0 Å². The second-order valence-electron chi connectivity index (χ2n) is 3.52. The van der Waals surface area contributed by atoms with Gasteiger partial charge in [-0.1, -0.05) is 11.8 Å². The summed E-state index contributed by atoms with van der Waals surface area (Å²) in [7, 11) is 1.63. The van der Waals surface area contributed by atoms with E-state index in [-0.39, 0.29) is 11.9 Å². The molecule has 1 aliphatic rings. The minimum atomic E-state index is -0.182. The Balaban J connectivity index is 2.85. The average molecular weight is 240 g/mol. The van der Waals surface area contributed by atoms with E-state index in [1.54, 1.807) is 13.2 Å². The third-order valence-electron chi connectivity index (χ3n) is 2.63. The van der Waals surface area contributed by atoms with Crippen LogP contribution in [0.4, 0.5) is 0 Å². The van der Waals surface area contributed by atoms with E-state index in [0.717, 1.165) is 25.8 Å². The van der Waals surface area contributed by atoms with E-state index >= 15 is 0 Å². The molecule has 0 saturated carbocycles. The number of nitrogens with one attached hydrogen (secondary N) is 1. The van der Waals surface area contributed by atoms with Gasteiger partial charge in [0.1, 0.15) is 6.04 Å². The van der Waals surface area contributed by atoms with Crippen LogP contribution < -0.4 is 5.32 Å². The predicted molar refractivity (Wildman–Crippen MR) is 65.0 cm³/mol. The second-order valence-corrected chi connectivity index (χ2v) is 4.29. The number of nitriles is 1. The lowest BCUT2D eigenvalue weighted by atomic mass is 10.0. The molecule has 1 N–H and O–H groups in total. The Hall–Kier alpha value is -1.22. The SMILES string of the molecule is CNC(=O)C1CCCCN1C(=NC#N)SC. The zero-order chi connectivity index (χ0) is 12.0. The standard InChI is InChI=1S/C10H16N4OS/c1-12-9(15)8-5-3-4-6-14(8)10(16-2)13-7-11/h8H,3-6H2,1-2H3,(H,12,15). The smallest absolute Gasteiger partial charge is 0.242 e. The van der Waals surface area contributed by atoms with Crippen molar-refractivity contribution in [3.63, 3.8) is 0 Å². The first-order valence-corrected chi connectivity index (χ1v) is 6.46. The molecular weight excluding hydrogens is 224 g/mol. The highest BCUT2D eigenvalue weighted by Crippen LogP contribution is 2.20. The zero-order valence-corrected chi connectivity index (χ0v) is 10.4. The van der Waals surface area contributed by atoms with Crippen LogP contribution in [0.15, 0.2) is 4.99 Å². The Morgan fingerprint density at radius 2 is 2.38 bits per heavy atom. The Labute approximate surface area is 99.9 Å². The van der Waals surface area contributed by atoms with Crippen LogP contribution in [0.1, 0.15) is 19.3 Å². The first-order chi connectivity index (χ1) is 7.74. The van der Waals surface area contributed by atoms with Crippen molar-refractivity contribution in [2.75, 3.05) is 19.8 Å². The molecule has 16 heavy (non-hydrogen) atoms. The monoisotopic (exact) mass is 240 g/mol. The summed E-state index contributed by atoms with van der Waals surface area (Å²) in [4.78, 5) is 17.4. The fourth-order valence-corrected chi connectivity index (χ4v) is 2.45. The number of rotatable bonds is 1. The molecule has 1 amide bonds. The topological polar surface area (TPSA) is 68.5 Å². The molecule has 0 radical (unpaired) electrons. The maximum atomic E-state index is 11.7. The Kier molecular flexibility index (Phi) is 5.12. The summed E-state index contributed by atoms with van der Waals surface area (Å²) in [5.41, 5.74) is 0. The number of carbonyl (C=O) groups excluding carboxylic acids is 1. The number of nitrogens with zero attached hydrogens (tertiary/aromatic N) is 3. The lowest BCUT2D eigenvalue weighted by Gasteiger charge is -2.35. The third kappa shape index (κ3) is 2.89. The lowest BCUT2D eigenvalue weighted by Crippen LogP contribution is -2.50. The van der Waals surface area contributed by atoms with Crippen molar-refractivity contribution in [1.29, 1.82) is 5.26 Å². The fourth-order valence-electron chi connectivity index (χ4n) is 1.87. The fraction of sp³-hybridized carbons (Fsp3) is 0.700. The van der Waals surface area contributed by atoms with Crippen LogP contribution in [-0.4, -0.2) is 41.9 Å². The molecule has 0 bridgehead atoms. The van der Waals surface area contributed by atoms with Gasteiger partial charge in [0.05, 0.1) is 0 Å². The molecule has 88 valence electrons. The number of carbonyl (C=O) groups is 1. The van der Waals surface area contributed by atoms with Crippen LogP contribution >= 0.6 is 11.8 Å². The molecule has 1 aliphatic heterocycles. The van der Waals surface area contributed by atoms with Gasteiger partial charge in [0.15, 0.2) is 5.17 Å². The van der Waals surface area contributed by atoms with Crippen molar-refractivity contribution < 1.29 is 4.79 Å². The third-order valence-corrected chi connectivity index (χ3v) is 3.32. The number of hydrogen-bond acceptors (Lipinski definition) is 4. The first kappa shape index (κ1) is 12.8. The van der Waals surface area contributed by atoms with Crippen LogP contribution in [-0.2, 0) is 4.79 Å². The highest BCUT2D eigenvalue weighted by Gasteiger charge is 2.30. The van der Waals surface area contributed by atoms with Crippen molar-refractivity contribution in [1.82, 2.24) is 10.2 Å². The van der Waals surface area contributed by atoms with Crippen molar-refractivity contribution in [2.45, 2.75) is 25.3 Å². The van der Waals surface area contributed by atoms with Gasteiger partial charge in [-0.2, -0.15) is 5.26 Å². The molecule has 1 fully saturated rings. The van der Waals surface area contributed by atoms with E-state index < -0.39 is 0 Å². The number of amides is 1. The van der Waals surface area contributed by atoms with Gasteiger partial charge < -0.3 is 10.2 Å². The van der Waals surface area contributed by atoms with Gasteiger partial charge in [0, 0.05) is 13.6 Å². The minimum absolute atomic E-state index is 0.000565. The van der Waals surface area contributed by atoms with Crippen LogP contribution in [0, 0.1) is 11.5 Å². The molecule has 5 nitrogen and oxygen atoms in total. The van der Waals surface area contributed by atoms with Gasteiger partial charge in [0.2, 0.25) is 12.1 Å². The second kappa shape index (κ2) is 6.38. The Morgan fingerprint density at radius 1 is 1.62 bits per heavy atom. The Morgan fingerprint density at radius 3 is 2.94 bits per heavy atom. The molecule has 0 aliphatic carbocycles. The van der Waals surface area contributed by atoms with Gasteiger partial charge in [-0.3, -0.25) is 4.79 Å². The van der Waals surface area contributed by atoms with Gasteiger partial charge in [-0.15, -0.1) is 4.99 Å². The number of aliphatic imine (C=N–C) groups is 1. The van der Waals surface area contributed by atoms with E-state index in [2.05, 4.69) is 10.3 Å². The van der Waals surface area contributed by atoms with Crippen molar-refractivity contribution >= 4 is 22.8 Å². The highest BCUT2D eigenvalue weighted by molar-refractivity contribution is 8.13. The molecular formula is C10H16N4OS. The lowest BCUT2D eigenvalue weighted by molar-refractivity contribution is -0.125. The molecule has 0 aromatic rings. The average Bonchev–Trinajstić information content (AvgIpc) is 2.35. The van der Waals surface area contributed by atoms with Crippen molar-refractivity contribution in [2.24, 2.45) is 4.99 Å². The number of likely N-dealkylation sites (tertiary alicyclic amines) is 1. The maximum Gasteiger partial charge on any atom is 0.242 e. The van der Waals surface area contributed by atoms with E-state index in [1.807, 2.05) is 11.2 Å². The normalized spacial score (nSPS) is 21.4. The number of piperidine rings is 1. The number of thioether (sulfide) groups is 1. The quantitative estimate of drug-likeness (QED) is 0.418. The first-order valence-electron chi connectivity index (χ1n) is 5.23. The van der Waals surface area contributed by atoms with E-state index in [1.165, 1.54) is 11.8 Å². The van der Waals surface area contributed by atoms with Gasteiger partial charge in [0.25, 0.3) is 0 Å². The largest absolute Gasteiger partial charge is 0.357 e. The van der Waals surface area contributed by atoms with Crippen LogP contribution in [0.3, 0.4) is 0 Å². The zero-order valence-electron chi connectivity index (χ0n) is 9.56. The summed E-state index contributed by atoms with van der Waals surface area (Å²) >= 11 is 1.41. The minimum Gasteiger partial charge on any atom is -0.357 e. The van der Waals surface area contributed by atoms with Crippen molar-refractivity contribution in [3.8, 4) is 6.19 Å². The summed E-state index contributed by atoms with van der Waals surface area (Å²) < 4.78 is 0. The molecule has 1 unspecified atom stereocenters. The maximum absolute atomic E-state index is 11.7. The molecule has 1 heterocycles. The molecule has 1 rings (SSSR count). The summed E-state index contributed by atoms with van der Waals surface area (Å²) in [5.74, 6) is -0.000565. The number of likely N-dealkylation sites (N-methyl/N-ethyl adjacent to an activating group) is 1. The van der Waals surface area contributed by atoms with E-state index in [9.17, 15) is 4.79 Å². The van der Waals surface area contributed by atoms with Gasteiger partial charge in [-0.25, -0.2) is 0 Å². The number of amidine groups is 1. The van der Waals surface area contributed by atoms with Crippen molar-refractivity contribution in [3.05, 3.63) is 0 Å². The molecule has 0 aromatic heterocycles. The molecule has 0 aromatic carbocycles. The Bertz CT molecular complexity index is 323. The van der Waals surface area contributed by atoms with E-state index in [0.29, 0.717) is 5.17 Å². The summed E-state index contributed by atoms with van der Waals surface area (Å²) in [6.45, 7) is 0.791. The molecule has 0 spiro atoms. The van der Waals surface area contributed by atoms with Crippen LogP contribution in [0.5, 0.6) is 0 Å². The molecule has 1 atom stereocenters. The van der Waals surface area contributed by atoms with Crippen LogP contribution in [0.25, 0.3) is 0 Å². The summed E-state index contributed by atoms with van der Waals surface area (Å²) in [6, 6.07) is -0.182. The summed E-state index contributed by atoms with van der Waals surface area (Å²) in [5, 5.41) is 11.9.